The average molecular weight is 182 g/mol. The molecule has 0 bridgehead atoms. The van der Waals surface area contributed by atoms with Crippen LogP contribution < -0.4 is 10.6 Å². The van der Waals surface area contributed by atoms with E-state index in [1.54, 1.807) is 0 Å². The number of amides is 1. The summed E-state index contributed by atoms with van der Waals surface area (Å²) in [7, 11) is 0. The van der Waals surface area contributed by atoms with E-state index < -0.39 is 0 Å². The third-order valence-electron chi connectivity index (χ3n) is 3.02. The number of nitrogens with one attached hydrogen (secondary N) is 2. The van der Waals surface area contributed by atoms with Crippen molar-refractivity contribution in [2.45, 2.75) is 44.7 Å². The van der Waals surface area contributed by atoms with E-state index in [0.29, 0.717) is 12.1 Å². The molecule has 2 aliphatic rings. The molecule has 1 amide bonds. The van der Waals surface area contributed by atoms with Gasteiger partial charge >= 0.3 is 0 Å². The van der Waals surface area contributed by atoms with Gasteiger partial charge in [-0.1, -0.05) is 0 Å². The summed E-state index contributed by atoms with van der Waals surface area (Å²) >= 11 is 0. The van der Waals surface area contributed by atoms with Crippen molar-refractivity contribution >= 4 is 5.91 Å². The van der Waals surface area contributed by atoms with Gasteiger partial charge in [0.1, 0.15) is 0 Å². The van der Waals surface area contributed by atoms with Crippen molar-refractivity contribution in [3.63, 3.8) is 0 Å². The molecule has 2 fully saturated rings. The monoisotopic (exact) mass is 182 g/mol. The van der Waals surface area contributed by atoms with Crippen LogP contribution in [0.25, 0.3) is 0 Å². The number of hydrogen-bond acceptors (Lipinski definition) is 2. The molecule has 2 atom stereocenters. The maximum Gasteiger partial charge on any atom is 0.224 e. The molecule has 0 aromatic heterocycles. The van der Waals surface area contributed by atoms with E-state index in [2.05, 4.69) is 17.6 Å². The second kappa shape index (κ2) is 3.66. The van der Waals surface area contributed by atoms with Crippen molar-refractivity contribution in [3.05, 3.63) is 0 Å². The summed E-state index contributed by atoms with van der Waals surface area (Å²) in [5.74, 6) is 0.469. The smallest absolute Gasteiger partial charge is 0.224 e. The van der Waals surface area contributed by atoms with Crippen LogP contribution in [-0.4, -0.2) is 24.5 Å². The highest BCUT2D eigenvalue weighted by Gasteiger charge is 2.31. The van der Waals surface area contributed by atoms with Gasteiger partial charge in [0.25, 0.3) is 0 Å². The van der Waals surface area contributed by atoms with Crippen LogP contribution in [0, 0.1) is 5.92 Å². The molecule has 0 radical (unpaired) electrons. The molecule has 3 nitrogen and oxygen atoms in total. The van der Waals surface area contributed by atoms with Gasteiger partial charge in [-0.3, -0.25) is 4.79 Å². The molecule has 1 saturated heterocycles. The van der Waals surface area contributed by atoms with Crippen LogP contribution in [0.15, 0.2) is 0 Å². The van der Waals surface area contributed by atoms with E-state index in [1.165, 1.54) is 12.8 Å². The topological polar surface area (TPSA) is 41.1 Å². The zero-order chi connectivity index (χ0) is 9.26. The van der Waals surface area contributed by atoms with Gasteiger partial charge in [-0.2, -0.15) is 0 Å². The molecule has 2 unspecified atom stereocenters. The third-order valence-corrected chi connectivity index (χ3v) is 3.02. The Bertz CT molecular complexity index is 201. The van der Waals surface area contributed by atoms with Gasteiger partial charge < -0.3 is 10.6 Å². The van der Waals surface area contributed by atoms with Crippen LogP contribution >= 0.6 is 0 Å². The van der Waals surface area contributed by atoms with Gasteiger partial charge in [-0.05, 0) is 39.2 Å². The molecule has 0 aromatic carbocycles. The Balaban J connectivity index is 1.85. The number of hydrogen-bond donors (Lipinski definition) is 2. The molecule has 3 heteroatoms. The van der Waals surface area contributed by atoms with Gasteiger partial charge in [-0.25, -0.2) is 0 Å². The maximum atomic E-state index is 11.7. The Morgan fingerprint density at radius 1 is 1.38 bits per heavy atom. The number of rotatable bonds is 2. The fourth-order valence-electron chi connectivity index (χ4n) is 1.94. The van der Waals surface area contributed by atoms with Crippen molar-refractivity contribution in [2.75, 3.05) is 6.54 Å². The summed E-state index contributed by atoms with van der Waals surface area (Å²) in [6.07, 6.45) is 4.54. The summed E-state index contributed by atoms with van der Waals surface area (Å²) in [6.45, 7) is 3.17. The van der Waals surface area contributed by atoms with Crippen molar-refractivity contribution < 1.29 is 4.79 Å². The summed E-state index contributed by atoms with van der Waals surface area (Å²) < 4.78 is 0. The quantitative estimate of drug-likeness (QED) is 0.658. The van der Waals surface area contributed by atoms with Crippen LogP contribution in [-0.2, 0) is 4.79 Å². The first-order valence-corrected chi connectivity index (χ1v) is 5.31. The van der Waals surface area contributed by atoms with E-state index in [4.69, 9.17) is 0 Å². The zero-order valence-electron chi connectivity index (χ0n) is 8.18. The molecular weight excluding hydrogens is 164 g/mol. The molecule has 74 valence electrons. The van der Waals surface area contributed by atoms with Crippen molar-refractivity contribution in [1.82, 2.24) is 10.6 Å². The third kappa shape index (κ3) is 2.21. The first-order valence-electron chi connectivity index (χ1n) is 5.31. The lowest BCUT2D eigenvalue weighted by atomic mass is 9.91. The fourth-order valence-corrected chi connectivity index (χ4v) is 1.94. The molecule has 2 N–H and O–H groups in total. The predicted octanol–water partition coefficient (Wildman–Crippen LogP) is 0.653. The minimum absolute atomic E-state index is 0.203. The molecule has 2 rings (SSSR count). The number of carbonyl (C=O) groups excluding carboxylic acids is 1. The van der Waals surface area contributed by atoms with Crippen LogP contribution in [0.2, 0.25) is 0 Å². The van der Waals surface area contributed by atoms with Gasteiger partial charge in [0.05, 0.1) is 5.92 Å². The Hall–Kier alpha value is -0.570. The van der Waals surface area contributed by atoms with Gasteiger partial charge in [-0.15, -0.1) is 0 Å². The predicted molar refractivity (Wildman–Crippen MR) is 51.4 cm³/mol. The van der Waals surface area contributed by atoms with Crippen molar-refractivity contribution in [3.8, 4) is 0 Å². The molecule has 13 heavy (non-hydrogen) atoms. The molecule has 1 heterocycles. The van der Waals surface area contributed by atoms with E-state index >= 15 is 0 Å². The Morgan fingerprint density at radius 2 is 2.15 bits per heavy atom. The summed E-state index contributed by atoms with van der Waals surface area (Å²) in [4.78, 5) is 11.7. The first kappa shape index (κ1) is 9.00. The largest absolute Gasteiger partial charge is 0.353 e. The van der Waals surface area contributed by atoms with E-state index in [0.717, 1.165) is 19.4 Å². The van der Waals surface area contributed by atoms with Crippen LogP contribution in [0.4, 0.5) is 0 Å². The van der Waals surface area contributed by atoms with E-state index in [1.807, 2.05) is 0 Å². The molecule has 0 aromatic rings. The Kier molecular flexibility index (Phi) is 2.54. The van der Waals surface area contributed by atoms with Crippen LogP contribution in [0.5, 0.6) is 0 Å². The van der Waals surface area contributed by atoms with Crippen LogP contribution in [0.1, 0.15) is 32.6 Å². The van der Waals surface area contributed by atoms with E-state index in [-0.39, 0.29) is 11.8 Å². The van der Waals surface area contributed by atoms with Crippen molar-refractivity contribution in [1.29, 1.82) is 0 Å². The lowest BCUT2D eigenvalue weighted by molar-refractivity contribution is -0.126. The lowest BCUT2D eigenvalue weighted by Gasteiger charge is -2.28. The van der Waals surface area contributed by atoms with Crippen molar-refractivity contribution in [2.24, 2.45) is 5.92 Å². The first-order chi connectivity index (χ1) is 6.27. The molecule has 0 spiro atoms. The average Bonchev–Trinajstić information content (AvgIpc) is 2.89. The highest BCUT2D eigenvalue weighted by molar-refractivity contribution is 5.80. The highest BCUT2D eigenvalue weighted by atomic mass is 16.2. The Morgan fingerprint density at radius 3 is 2.77 bits per heavy atom. The highest BCUT2D eigenvalue weighted by Crippen LogP contribution is 2.22. The molecule has 1 saturated carbocycles. The molecule has 1 aliphatic heterocycles. The minimum Gasteiger partial charge on any atom is -0.353 e. The SMILES string of the molecule is CC1NCCCC1C(=O)NC1CC1. The van der Waals surface area contributed by atoms with E-state index in [9.17, 15) is 4.79 Å². The van der Waals surface area contributed by atoms with Gasteiger partial charge in [0.2, 0.25) is 5.91 Å². The van der Waals surface area contributed by atoms with Crippen LogP contribution in [0.3, 0.4) is 0 Å². The summed E-state index contributed by atoms with van der Waals surface area (Å²) in [6, 6.07) is 0.856. The number of carbonyl (C=O) groups is 1. The maximum absolute atomic E-state index is 11.7. The zero-order valence-corrected chi connectivity index (χ0v) is 8.18. The Labute approximate surface area is 79.3 Å². The summed E-state index contributed by atoms with van der Waals surface area (Å²) in [5.41, 5.74) is 0. The second-order valence-electron chi connectivity index (χ2n) is 4.27. The lowest BCUT2D eigenvalue weighted by Crippen LogP contribution is -2.47. The molecule has 1 aliphatic carbocycles. The van der Waals surface area contributed by atoms with Gasteiger partial charge in [0, 0.05) is 12.1 Å². The standard InChI is InChI=1S/C10H18N2O/c1-7-9(3-2-6-11-7)10(13)12-8-4-5-8/h7-9,11H,2-6H2,1H3,(H,12,13). The summed E-state index contributed by atoms with van der Waals surface area (Å²) in [5, 5.41) is 6.42. The fraction of sp³-hybridized carbons (Fsp3) is 0.900. The van der Waals surface area contributed by atoms with Gasteiger partial charge in [0.15, 0.2) is 0 Å². The second-order valence-corrected chi connectivity index (χ2v) is 4.27. The normalized spacial score (nSPS) is 34.2. The molecular formula is C10H18N2O. The number of piperidine rings is 1. The minimum atomic E-state index is 0.203.